The zero-order chi connectivity index (χ0) is 23.9. The molecule has 2 atom stereocenters. The van der Waals surface area contributed by atoms with Crippen molar-refractivity contribution in [2.45, 2.75) is 84.7 Å². The first-order chi connectivity index (χ1) is 14.7. The van der Waals surface area contributed by atoms with Crippen molar-refractivity contribution in [3.05, 3.63) is 34.9 Å². The van der Waals surface area contributed by atoms with Crippen molar-refractivity contribution in [1.29, 1.82) is 0 Å². The van der Waals surface area contributed by atoms with E-state index in [0.717, 1.165) is 11.6 Å². The van der Waals surface area contributed by atoms with Gasteiger partial charge in [-0.05, 0) is 75.6 Å². The van der Waals surface area contributed by atoms with E-state index in [1.54, 1.807) is 25.7 Å². The van der Waals surface area contributed by atoms with Crippen molar-refractivity contribution >= 4 is 12.0 Å². The van der Waals surface area contributed by atoms with E-state index in [1.165, 1.54) is 12.1 Å². The Hall–Kier alpha value is -2.25. The quantitative estimate of drug-likeness (QED) is 0.673. The van der Waals surface area contributed by atoms with Gasteiger partial charge in [-0.3, -0.25) is 4.79 Å². The molecule has 0 bridgehead atoms. The molecule has 1 N–H and O–H groups in total. The van der Waals surface area contributed by atoms with Gasteiger partial charge in [-0.2, -0.15) is 13.2 Å². The second-order valence-electron chi connectivity index (χ2n) is 10.4. The molecule has 0 radical (unpaired) electrons. The molecule has 1 aliphatic carbocycles. The molecule has 2 amide bonds. The van der Waals surface area contributed by atoms with Crippen LogP contribution in [0.15, 0.2) is 18.2 Å². The number of alkyl halides is 3. The van der Waals surface area contributed by atoms with E-state index in [-0.39, 0.29) is 24.4 Å². The number of halogens is 3. The molecule has 1 fully saturated rings. The molecular formula is C24H33F3N2O3. The highest BCUT2D eigenvalue weighted by atomic mass is 19.4. The largest absolute Gasteiger partial charge is 0.444 e. The van der Waals surface area contributed by atoms with Crippen LogP contribution in [0.25, 0.3) is 0 Å². The molecule has 1 aromatic carbocycles. The fourth-order valence-corrected chi connectivity index (χ4v) is 4.86. The summed E-state index contributed by atoms with van der Waals surface area (Å²) in [6.07, 6.45) is -2.60. The van der Waals surface area contributed by atoms with Gasteiger partial charge in [-0.15, -0.1) is 0 Å². The van der Waals surface area contributed by atoms with Crippen molar-refractivity contribution in [3.63, 3.8) is 0 Å². The van der Waals surface area contributed by atoms with E-state index in [9.17, 15) is 22.8 Å². The van der Waals surface area contributed by atoms with Gasteiger partial charge in [0.1, 0.15) is 5.60 Å². The second-order valence-corrected chi connectivity index (χ2v) is 10.4. The molecule has 32 heavy (non-hydrogen) atoms. The maximum Gasteiger partial charge on any atom is 0.416 e. The summed E-state index contributed by atoms with van der Waals surface area (Å²) in [7, 11) is 0. The Kier molecular flexibility index (Phi) is 6.55. The van der Waals surface area contributed by atoms with E-state index >= 15 is 0 Å². The first-order valence-electron chi connectivity index (χ1n) is 11.2. The maximum absolute atomic E-state index is 13.7. The highest BCUT2D eigenvalue weighted by Crippen LogP contribution is 2.46. The van der Waals surface area contributed by atoms with Crippen LogP contribution >= 0.6 is 0 Å². The van der Waals surface area contributed by atoms with Crippen LogP contribution in [0.4, 0.5) is 18.0 Å². The highest BCUT2D eigenvalue weighted by molar-refractivity contribution is 5.84. The average Bonchev–Trinajstić information content (AvgIpc) is 3.09. The number of carbonyl (C=O) groups excluding carboxylic acids is 2. The molecule has 1 unspecified atom stereocenters. The Morgan fingerprint density at radius 2 is 1.88 bits per heavy atom. The Morgan fingerprint density at radius 1 is 1.19 bits per heavy atom. The van der Waals surface area contributed by atoms with Crippen LogP contribution in [0.1, 0.15) is 70.6 Å². The molecule has 1 heterocycles. The van der Waals surface area contributed by atoms with E-state index in [0.29, 0.717) is 37.8 Å². The number of hydrogen-bond donors (Lipinski definition) is 1. The second kappa shape index (κ2) is 8.60. The Bertz CT molecular complexity index is 876. The number of fused-ring (bicyclic) bond motifs is 1. The number of carbonyl (C=O) groups is 2. The van der Waals surface area contributed by atoms with E-state index in [1.807, 2.05) is 13.8 Å². The topological polar surface area (TPSA) is 58.6 Å². The third-order valence-electron chi connectivity index (χ3n) is 6.63. The lowest BCUT2D eigenvalue weighted by atomic mass is 9.74. The molecule has 8 heteroatoms. The van der Waals surface area contributed by atoms with Gasteiger partial charge in [0.05, 0.1) is 11.0 Å². The molecule has 178 valence electrons. The summed E-state index contributed by atoms with van der Waals surface area (Å²) in [4.78, 5) is 27.6. The maximum atomic E-state index is 13.7. The minimum Gasteiger partial charge on any atom is -0.444 e. The van der Waals surface area contributed by atoms with Crippen molar-refractivity contribution in [3.8, 4) is 0 Å². The van der Waals surface area contributed by atoms with Gasteiger partial charge < -0.3 is 15.0 Å². The normalized spacial score (nSPS) is 23.8. The van der Waals surface area contributed by atoms with Gasteiger partial charge >= 0.3 is 12.3 Å². The fraction of sp³-hybridized carbons (Fsp3) is 0.667. The van der Waals surface area contributed by atoms with Gasteiger partial charge in [0.2, 0.25) is 5.91 Å². The van der Waals surface area contributed by atoms with Crippen LogP contribution in [0.2, 0.25) is 0 Å². The summed E-state index contributed by atoms with van der Waals surface area (Å²) in [6.45, 7) is 10.0. The number of nitrogens with one attached hydrogen (secondary N) is 1. The van der Waals surface area contributed by atoms with Crippen molar-refractivity contribution in [1.82, 2.24) is 10.2 Å². The molecule has 3 rings (SSSR count). The van der Waals surface area contributed by atoms with Gasteiger partial charge in [-0.25, -0.2) is 4.79 Å². The number of ether oxygens (including phenoxy) is 1. The van der Waals surface area contributed by atoms with Crippen molar-refractivity contribution in [2.75, 3.05) is 6.54 Å². The number of rotatable bonds is 3. The van der Waals surface area contributed by atoms with Crippen LogP contribution in [-0.2, 0) is 28.7 Å². The minimum absolute atomic E-state index is 0.0309. The zero-order valence-corrected chi connectivity index (χ0v) is 19.4. The highest BCUT2D eigenvalue weighted by Gasteiger charge is 2.50. The Morgan fingerprint density at radius 3 is 2.47 bits per heavy atom. The van der Waals surface area contributed by atoms with E-state index in [4.69, 9.17) is 4.74 Å². The smallest absolute Gasteiger partial charge is 0.416 e. The Labute approximate surface area is 187 Å². The zero-order valence-electron chi connectivity index (χ0n) is 19.4. The summed E-state index contributed by atoms with van der Waals surface area (Å²) >= 11 is 0. The number of alkyl carbamates (subject to hydrolysis) is 1. The monoisotopic (exact) mass is 454 g/mol. The van der Waals surface area contributed by atoms with Crippen LogP contribution < -0.4 is 5.32 Å². The molecule has 1 saturated carbocycles. The third-order valence-corrected chi connectivity index (χ3v) is 6.63. The molecule has 1 aromatic rings. The molecule has 1 aliphatic heterocycles. The minimum atomic E-state index is -4.41. The first-order valence-corrected chi connectivity index (χ1v) is 11.2. The van der Waals surface area contributed by atoms with E-state index < -0.39 is 28.8 Å². The lowest BCUT2D eigenvalue weighted by Gasteiger charge is -2.39. The standard InChI is InChI=1S/C24H33F3N2O3/c1-15(2)23(10-8-19(13-23)28-21(31)32-22(3,4)5)20(30)29-11-9-16-6-7-18(24(25,26)27)12-17(16)14-29/h6-7,12,15,19H,8-11,13-14H2,1-5H3,(H,28,31)/t19?,23-/m0/s1. The van der Waals surface area contributed by atoms with Crippen molar-refractivity contribution in [2.24, 2.45) is 11.3 Å². The van der Waals surface area contributed by atoms with Gasteiger partial charge in [-0.1, -0.05) is 19.9 Å². The third kappa shape index (κ3) is 5.21. The predicted octanol–water partition coefficient (Wildman–Crippen LogP) is 5.31. The van der Waals surface area contributed by atoms with Crippen LogP contribution in [-0.4, -0.2) is 35.1 Å². The van der Waals surface area contributed by atoms with Crippen LogP contribution in [0.3, 0.4) is 0 Å². The summed E-state index contributed by atoms with van der Waals surface area (Å²) in [5.74, 6) is -0.00704. The average molecular weight is 455 g/mol. The van der Waals surface area contributed by atoms with Gasteiger partial charge in [0, 0.05) is 19.1 Å². The number of benzene rings is 1. The summed E-state index contributed by atoms with van der Waals surface area (Å²) in [6, 6.07) is 3.62. The van der Waals surface area contributed by atoms with Gasteiger partial charge in [0.25, 0.3) is 0 Å². The molecule has 0 aromatic heterocycles. The first kappa shape index (κ1) is 24.4. The number of amides is 2. The molecule has 2 aliphatic rings. The number of hydrogen-bond acceptors (Lipinski definition) is 3. The van der Waals surface area contributed by atoms with E-state index in [2.05, 4.69) is 5.32 Å². The molecule has 5 nitrogen and oxygen atoms in total. The molecular weight excluding hydrogens is 421 g/mol. The summed E-state index contributed by atoms with van der Waals surface area (Å²) in [5.41, 5.74) is -0.536. The van der Waals surface area contributed by atoms with Gasteiger partial charge in [0.15, 0.2) is 0 Å². The van der Waals surface area contributed by atoms with Crippen molar-refractivity contribution < 1.29 is 27.5 Å². The molecule has 0 spiro atoms. The molecule has 0 saturated heterocycles. The van der Waals surface area contributed by atoms with Crippen LogP contribution in [0, 0.1) is 11.3 Å². The lowest BCUT2D eigenvalue weighted by Crippen LogP contribution is -2.48. The lowest BCUT2D eigenvalue weighted by molar-refractivity contribution is -0.145. The Balaban J connectivity index is 1.74. The summed E-state index contributed by atoms with van der Waals surface area (Å²) < 4.78 is 44.8. The predicted molar refractivity (Wildman–Crippen MR) is 115 cm³/mol. The summed E-state index contributed by atoms with van der Waals surface area (Å²) in [5, 5.41) is 2.89. The van der Waals surface area contributed by atoms with Crippen LogP contribution in [0.5, 0.6) is 0 Å². The fourth-order valence-electron chi connectivity index (χ4n) is 4.86. The number of nitrogens with zero attached hydrogens (tertiary/aromatic N) is 1. The SMILES string of the molecule is CC(C)[C@]1(C(=O)N2CCc3ccc(C(F)(F)F)cc3C2)CCC(NC(=O)OC(C)(C)C)C1.